The third kappa shape index (κ3) is 5.10. The second kappa shape index (κ2) is 9.44. The summed E-state index contributed by atoms with van der Waals surface area (Å²) in [6, 6.07) is 18.4. The van der Waals surface area contributed by atoms with E-state index in [0.717, 1.165) is 42.0 Å². The molecule has 0 spiro atoms. The maximum Gasteiger partial charge on any atom is 0.293 e. The third-order valence-corrected chi connectivity index (χ3v) is 4.86. The van der Waals surface area contributed by atoms with Gasteiger partial charge < -0.3 is 19.3 Å². The quantitative estimate of drug-likeness (QED) is 0.439. The molecular weight excluding hydrogens is 414 g/mol. The Morgan fingerprint density at radius 2 is 1.87 bits per heavy atom. The van der Waals surface area contributed by atoms with Crippen molar-refractivity contribution in [2.75, 3.05) is 12.4 Å². The monoisotopic (exact) mass is 435 g/mol. The second-order valence-electron chi connectivity index (χ2n) is 6.87. The van der Waals surface area contributed by atoms with Crippen LogP contribution in [0.2, 0.25) is 0 Å². The van der Waals surface area contributed by atoms with Crippen LogP contribution in [0.5, 0.6) is 11.5 Å². The molecule has 158 valence electrons. The number of amides is 1. The second-order valence-corrected chi connectivity index (χ2v) is 7.28. The number of benzene rings is 2. The number of carbonyl (C=O) groups excluding carboxylic acids is 1. The van der Waals surface area contributed by atoms with Gasteiger partial charge in [0.15, 0.2) is 10.9 Å². The molecule has 1 aliphatic rings. The summed E-state index contributed by atoms with van der Waals surface area (Å²) in [4.78, 5) is 17.5. The maximum atomic E-state index is 12.6. The number of rotatable bonds is 5. The van der Waals surface area contributed by atoms with Crippen molar-refractivity contribution in [2.45, 2.75) is 19.3 Å². The molecular formula is C23H21N3O4S. The van der Waals surface area contributed by atoms with Crippen LogP contribution in [0.15, 0.2) is 70.2 Å². The highest BCUT2D eigenvalue weighted by Gasteiger charge is 2.24. The fourth-order valence-electron chi connectivity index (χ4n) is 3.32. The highest BCUT2D eigenvalue weighted by atomic mass is 32.1. The largest absolute Gasteiger partial charge is 0.457 e. The molecule has 1 aliphatic carbocycles. The van der Waals surface area contributed by atoms with Crippen LogP contribution < -0.4 is 15.4 Å². The molecule has 0 aliphatic heterocycles. The van der Waals surface area contributed by atoms with Crippen molar-refractivity contribution >= 4 is 34.6 Å². The zero-order chi connectivity index (χ0) is 21.6. The average molecular weight is 436 g/mol. The number of hydrogen-bond acceptors (Lipinski definition) is 6. The number of fused-ring (bicyclic) bond motifs is 1. The van der Waals surface area contributed by atoms with Gasteiger partial charge in [-0.05, 0) is 55.4 Å². The van der Waals surface area contributed by atoms with Crippen molar-refractivity contribution in [2.24, 2.45) is 5.16 Å². The molecule has 0 saturated carbocycles. The molecule has 0 atom stereocenters. The maximum absolute atomic E-state index is 12.6. The predicted octanol–water partition coefficient (Wildman–Crippen LogP) is 4.89. The molecule has 2 aromatic carbocycles. The number of nitrogens with one attached hydrogen (secondary N) is 2. The zero-order valence-electron chi connectivity index (χ0n) is 16.9. The Hall–Kier alpha value is -3.65. The van der Waals surface area contributed by atoms with Gasteiger partial charge in [0.05, 0.1) is 5.71 Å². The van der Waals surface area contributed by atoms with E-state index >= 15 is 0 Å². The van der Waals surface area contributed by atoms with E-state index in [-0.39, 0.29) is 10.9 Å². The summed E-state index contributed by atoms with van der Waals surface area (Å²) in [5.74, 6) is 1.86. The van der Waals surface area contributed by atoms with E-state index in [1.807, 2.05) is 48.5 Å². The predicted molar refractivity (Wildman–Crippen MR) is 122 cm³/mol. The zero-order valence-corrected chi connectivity index (χ0v) is 17.7. The number of oxime groups is 1. The number of furan rings is 1. The Labute approximate surface area is 185 Å². The van der Waals surface area contributed by atoms with Gasteiger partial charge in [0.2, 0.25) is 0 Å². The highest BCUT2D eigenvalue weighted by Crippen LogP contribution is 2.26. The van der Waals surface area contributed by atoms with Gasteiger partial charge in [0, 0.05) is 23.7 Å². The lowest BCUT2D eigenvalue weighted by Crippen LogP contribution is -2.33. The Morgan fingerprint density at radius 1 is 1.06 bits per heavy atom. The lowest BCUT2D eigenvalue weighted by molar-refractivity contribution is 0.0949. The Bertz CT molecular complexity index is 1120. The summed E-state index contributed by atoms with van der Waals surface area (Å²) in [6.07, 6.45) is 2.43. The number of ether oxygens (including phenoxy) is 1. The Morgan fingerprint density at radius 3 is 2.68 bits per heavy atom. The van der Waals surface area contributed by atoms with E-state index in [9.17, 15) is 4.79 Å². The van der Waals surface area contributed by atoms with Crippen molar-refractivity contribution < 1.29 is 18.8 Å². The molecule has 2 N–H and O–H groups in total. The number of carbonyl (C=O) groups is 1. The molecule has 0 fully saturated rings. The van der Waals surface area contributed by atoms with Crippen molar-refractivity contribution in [3.8, 4) is 11.5 Å². The van der Waals surface area contributed by atoms with Crippen LogP contribution in [0, 0.1) is 0 Å². The van der Waals surface area contributed by atoms with Gasteiger partial charge >= 0.3 is 0 Å². The van der Waals surface area contributed by atoms with Crippen molar-refractivity contribution in [1.29, 1.82) is 0 Å². The SMILES string of the molecule is CON=C1CCCc2oc(C(=O)NC(=S)Nc3cccc(Oc4ccccc4)c3)cc21. The topological polar surface area (TPSA) is 85.1 Å². The molecule has 0 unspecified atom stereocenters. The van der Waals surface area contributed by atoms with Gasteiger partial charge in [-0.15, -0.1) is 0 Å². The average Bonchev–Trinajstić information content (AvgIpc) is 3.20. The third-order valence-electron chi connectivity index (χ3n) is 4.66. The van der Waals surface area contributed by atoms with Crippen LogP contribution in [-0.2, 0) is 11.3 Å². The van der Waals surface area contributed by atoms with Gasteiger partial charge in [0.1, 0.15) is 24.4 Å². The molecule has 8 heteroatoms. The molecule has 3 aromatic rings. The number of nitrogens with zero attached hydrogens (tertiary/aromatic N) is 1. The van der Waals surface area contributed by atoms with Crippen LogP contribution in [-0.4, -0.2) is 23.8 Å². The number of para-hydroxylation sites is 1. The molecule has 7 nitrogen and oxygen atoms in total. The number of anilines is 1. The van der Waals surface area contributed by atoms with Crippen LogP contribution in [0.4, 0.5) is 5.69 Å². The standard InChI is InChI=1S/C23H21N3O4S/c1-28-26-19-11-6-12-20-18(19)14-21(30-20)22(27)25-23(31)24-15-7-5-10-17(13-15)29-16-8-3-2-4-9-16/h2-5,7-10,13-14H,6,11-12H2,1H3,(H2,24,25,27,31). The molecule has 1 heterocycles. The minimum absolute atomic E-state index is 0.155. The Kier molecular flexibility index (Phi) is 6.28. The smallest absolute Gasteiger partial charge is 0.293 e. The van der Waals surface area contributed by atoms with E-state index in [2.05, 4.69) is 15.8 Å². The van der Waals surface area contributed by atoms with Gasteiger partial charge in [0.25, 0.3) is 5.91 Å². The van der Waals surface area contributed by atoms with Crippen molar-refractivity contribution in [3.05, 3.63) is 77.7 Å². The van der Waals surface area contributed by atoms with Crippen LogP contribution >= 0.6 is 12.2 Å². The highest BCUT2D eigenvalue weighted by molar-refractivity contribution is 7.80. The van der Waals surface area contributed by atoms with Crippen LogP contribution in [0.25, 0.3) is 0 Å². The summed E-state index contributed by atoms with van der Waals surface area (Å²) in [5, 5.41) is 9.82. The first kappa shape index (κ1) is 20.6. The lowest BCUT2D eigenvalue weighted by atomic mass is 9.96. The summed E-state index contributed by atoms with van der Waals surface area (Å²) < 4.78 is 11.5. The molecule has 31 heavy (non-hydrogen) atoms. The first-order valence-corrected chi connectivity index (χ1v) is 10.2. The van der Waals surface area contributed by atoms with E-state index in [4.69, 9.17) is 26.2 Å². The fourth-order valence-corrected chi connectivity index (χ4v) is 3.53. The van der Waals surface area contributed by atoms with Gasteiger partial charge in [-0.3, -0.25) is 10.1 Å². The molecule has 0 bridgehead atoms. The Balaban J connectivity index is 1.40. The summed E-state index contributed by atoms with van der Waals surface area (Å²) in [5.41, 5.74) is 2.28. The van der Waals surface area contributed by atoms with Crippen molar-refractivity contribution in [1.82, 2.24) is 5.32 Å². The molecule has 4 rings (SSSR count). The van der Waals surface area contributed by atoms with Crippen LogP contribution in [0.1, 0.15) is 34.7 Å². The number of aryl methyl sites for hydroxylation is 1. The van der Waals surface area contributed by atoms with Gasteiger partial charge in [-0.2, -0.15) is 0 Å². The molecule has 1 aromatic heterocycles. The number of thiocarbonyl (C=S) groups is 1. The van der Waals surface area contributed by atoms with Gasteiger partial charge in [-0.25, -0.2) is 0 Å². The van der Waals surface area contributed by atoms with Gasteiger partial charge in [-0.1, -0.05) is 29.4 Å². The summed E-state index contributed by atoms with van der Waals surface area (Å²) in [6.45, 7) is 0. The summed E-state index contributed by atoms with van der Waals surface area (Å²) >= 11 is 5.29. The summed E-state index contributed by atoms with van der Waals surface area (Å²) in [7, 11) is 1.50. The van der Waals surface area contributed by atoms with E-state index in [1.165, 1.54) is 7.11 Å². The minimum atomic E-state index is -0.430. The molecule has 0 saturated heterocycles. The van der Waals surface area contributed by atoms with E-state index in [0.29, 0.717) is 11.4 Å². The van der Waals surface area contributed by atoms with Crippen molar-refractivity contribution in [3.63, 3.8) is 0 Å². The molecule has 1 amide bonds. The van der Waals surface area contributed by atoms with E-state index < -0.39 is 5.91 Å². The lowest BCUT2D eigenvalue weighted by Gasteiger charge is -2.11. The van der Waals surface area contributed by atoms with Crippen LogP contribution in [0.3, 0.4) is 0 Å². The molecule has 0 radical (unpaired) electrons. The van der Waals surface area contributed by atoms with E-state index in [1.54, 1.807) is 12.1 Å². The normalized spacial score (nSPS) is 13.9. The fraction of sp³-hybridized carbons (Fsp3) is 0.174. The minimum Gasteiger partial charge on any atom is -0.457 e. The first-order chi connectivity index (χ1) is 15.1. The first-order valence-electron chi connectivity index (χ1n) is 9.81. The number of hydrogen-bond donors (Lipinski definition) is 2.